The summed E-state index contributed by atoms with van der Waals surface area (Å²) in [6.07, 6.45) is 10.2. The Morgan fingerprint density at radius 2 is 1.58 bits per heavy atom. The Kier molecular flexibility index (Phi) is 6.09. The van der Waals surface area contributed by atoms with Gasteiger partial charge in [-0.1, -0.05) is 47.1 Å². The van der Waals surface area contributed by atoms with E-state index in [0.29, 0.717) is 19.3 Å². The minimum absolute atomic E-state index is 0.0356. The van der Waals surface area contributed by atoms with E-state index in [1.54, 1.807) is 0 Å². The van der Waals surface area contributed by atoms with Gasteiger partial charge in [0.25, 0.3) is 10.1 Å². The van der Waals surface area contributed by atoms with Crippen molar-refractivity contribution in [2.45, 2.75) is 112 Å². The molecular formula is C31H48O6S. The van der Waals surface area contributed by atoms with Gasteiger partial charge in [0.2, 0.25) is 0 Å². The third-order valence-electron chi connectivity index (χ3n) is 13.3. The minimum Gasteiger partial charge on any atom is -0.481 e. The Balaban J connectivity index is 1.57. The summed E-state index contributed by atoms with van der Waals surface area (Å²) >= 11 is 0. The summed E-state index contributed by atoms with van der Waals surface area (Å²) in [5.41, 5.74) is -0.510. The first-order valence-corrected chi connectivity index (χ1v) is 16.4. The molecule has 0 spiro atoms. The Labute approximate surface area is 229 Å². The predicted octanol–water partition coefficient (Wildman–Crippen LogP) is 6.40. The number of carboxylic acid groups (broad SMARTS) is 1. The van der Waals surface area contributed by atoms with Crippen LogP contribution >= 0.6 is 0 Å². The highest BCUT2D eigenvalue weighted by molar-refractivity contribution is 7.86. The van der Waals surface area contributed by atoms with Crippen LogP contribution in [0.2, 0.25) is 0 Å². The maximum Gasteiger partial charge on any atom is 0.309 e. The highest BCUT2D eigenvalue weighted by atomic mass is 32.2. The van der Waals surface area contributed by atoms with Crippen LogP contribution in [0.1, 0.15) is 106 Å². The maximum atomic E-state index is 14.4. The number of carboxylic acids is 1. The quantitative estimate of drug-likeness (QED) is 0.410. The maximum absolute atomic E-state index is 14.4. The summed E-state index contributed by atoms with van der Waals surface area (Å²) in [5.74, 6) is -0.368. The SMILES string of the molecule is CC1(C)[C@@H](OS(C)(=O)=O)CC[C@]2(C)[C@H]3C(=O)C=C4[C@@H]5C[C@@](C)(C(=O)O)CC[C@]5(C)CC[C@@]4(C)[C@]3(C)CC[C@@H]12. The van der Waals surface area contributed by atoms with Crippen molar-refractivity contribution in [3.8, 4) is 0 Å². The normalized spacial score (nSPS) is 50.1. The molecule has 9 atom stereocenters. The van der Waals surface area contributed by atoms with Crippen molar-refractivity contribution in [3.05, 3.63) is 11.6 Å². The molecule has 4 fully saturated rings. The molecule has 0 unspecified atom stereocenters. The number of fused-ring (bicyclic) bond motifs is 7. The summed E-state index contributed by atoms with van der Waals surface area (Å²) in [4.78, 5) is 26.7. The van der Waals surface area contributed by atoms with Gasteiger partial charge in [-0.05, 0) is 110 Å². The Hall–Kier alpha value is -1.21. The van der Waals surface area contributed by atoms with Crippen molar-refractivity contribution in [3.63, 3.8) is 0 Å². The second kappa shape index (κ2) is 8.18. The molecule has 0 aromatic rings. The Morgan fingerprint density at radius 3 is 2.18 bits per heavy atom. The molecule has 1 N–H and O–H groups in total. The zero-order valence-corrected chi connectivity index (χ0v) is 25.5. The molecule has 6 nitrogen and oxygen atoms in total. The zero-order chi connectivity index (χ0) is 28.3. The number of ketones is 1. The molecular weight excluding hydrogens is 500 g/mol. The van der Waals surface area contributed by atoms with E-state index in [1.165, 1.54) is 5.57 Å². The average molecular weight is 549 g/mol. The molecule has 0 heterocycles. The standard InChI is InChI=1S/C31H48O6S/c1-26(2)22-9-12-31(7)24(29(22,5)11-10-23(26)37-38(8,35)36)21(32)17-19-20-18-28(4,25(33)34)14-13-27(20,3)15-16-30(19,31)6/h17,20,22-24H,9-16,18H2,1-8H3,(H,33,34)/t20-,22-,23-,24+,27+,28-,29-,30+,31+/m0/s1. The lowest BCUT2D eigenvalue weighted by Gasteiger charge is -2.70. The second-order valence-corrected chi connectivity index (χ2v) is 17.3. The molecule has 5 aliphatic carbocycles. The van der Waals surface area contributed by atoms with Crippen molar-refractivity contribution in [1.29, 1.82) is 0 Å². The average Bonchev–Trinajstić information content (AvgIpc) is 2.77. The third kappa shape index (κ3) is 3.69. The van der Waals surface area contributed by atoms with Crippen molar-refractivity contribution < 1.29 is 27.3 Å². The molecule has 38 heavy (non-hydrogen) atoms. The van der Waals surface area contributed by atoms with Crippen LogP contribution in [0.15, 0.2) is 11.6 Å². The summed E-state index contributed by atoms with van der Waals surface area (Å²) in [6, 6.07) is 0. The van der Waals surface area contributed by atoms with Gasteiger partial charge in [-0.15, -0.1) is 0 Å². The molecule has 0 aliphatic heterocycles. The molecule has 5 rings (SSSR count). The van der Waals surface area contributed by atoms with Crippen LogP contribution < -0.4 is 0 Å². The molecule has 0 aromatic heterocycles. The van der Waals surface area contributed by atoms with E-state index >= 15 is 0 Å². The monoisotopic (exact) mass is 548 g/mol. The number of carbonyl (C=O) groups excluding carboxylic acids is 1. The summed E-state index contributed by atoms with van der Waals surface area (Å²) in [7, 11) is -3.58. The summed E-state index contributed by atoms with van der Waals surface area (Å²) in [6.45, 7) is 15.5. The minimum atomic E-state index is -3.58. The van der Waals surface area contributed by atoms with Gasteiger partial charge in [0, 0.05) is 5.92 Å². The third-order valence-corrected chi connectivity index (χ3v) is 13.9. The number of allylic oxidation sites excluding steroid dienone is 2. The van der Waals surface area contributed by atoms with Gasteiger partial charge in [-0.3, -0.25) is 13.8 Å². The van der Waals surface area contributed by atoms with E-state index in [2.05, 4.69) is 41.5 Å². The summed E-state index contributed by atoms with van der Waals surface area (Å²) < 4.78 is 29.8. The number of aliphatic carboxylic acids is 1. The zero-order valence-electron chi connectivity index (χ0n) is 24.6. The van der Waals surface area contributed by atoms with E-state index in [1.807, 2.05) is 13.0 Å². The molecule has 0 amide bonds. The smallest absolute Gasteiger partial charge is 0.309 e. The van der Waals surface area contributed by atoms with Crippen LogP contribution in [0.5, 0.6) is 0 Å². The van der Waals surface area contributed by atoms with Crippen LogP contribution in [-0.2, 0) is 23.9 Å². The molecule has 214 valence electrons. The van der Waals surface area contributed by atoms with Crippen LogP contribution in [0.3, 0.4) is 0 Å². The van der Waals surface area contributed by atoms with Gasteiger partial charge in [0.15, 0.2) is 5.78 Å². The van der Waals surface area contributed by atoms with Crippen LogP contribution in [0.4, 0.5) is 0 Å². The van der Waals surface area contributed by atoms with Crippen LogP contribution in [-0.4, -0.2) is 37.6 Å². The lowest BCUT2D eigenvalue weighted by atomic mass is 9.33. The van der Waals surface area contributed by atoms with Crippen molar-refractivity contribution >= 4 is 21.9 Å². The Morgan fingerprint density at radius 1 is 0.947 bits per heavy atom. The lowest BCUT2D eigenvalue weighted by molar-refractivity contribution is -0.199. The van der Waals surface area contributed by atoms with E-state index in [-0.39, 0.29) is 56.7 Å². The van der Waals surface area contributed by atoms with Crippen LogP contribution in [0.25, 0.3) is 0 Å². The predicted molar refractivity (Wildman–Crippen MR) is 147 cm³/mol. The Bertz CT molecular complexity index is 1200. The molecule has 0 saturated heterocycles. The van der Waals surface area contributed by atoms with E-state index in [9.17, 15) is 23.1 Å². The number of rotatable bonds is 3. The van der Waals surface area contributed by atoms with Gasteiger partial charge < -0.3 is 5.11 Å². The highest BCUT2D eigenvalue weighted by Crippen LogP contribution is 2.75. The molecule has 4 saturated carbocycles. The van der Waals surface area contributed by atoms with Gasteiger partial charge in [0.05, 0.1) is 17.8 Å². The van der Waals surface area contributed by atoms with Crippen molar-refractivity contribution in [2.75, 3.05) is 6.26 Å². The van der Waals surface area contributed by atoms with Crippen molar-refractivity contribution in [1.82, 2.24) is 0 Å². The molecule has 0 aromatic carbocycles. The van der Waals surface area contributed by atoms with Crippen LogP contribution in [0, 0.1) is 50.2 Å². The van der Waals surface area contributed by atoms with E-state index in [0.717, 1.165) is 44.8 Å². The molecule has 0 bridgehead atoms. The van der Waals surface area contributed by atoms with E-state index in [4.69, 9.17) is 4.18 Å². The topological polar surface area (TPSA) is 97.7 Å². The van der Waals surface area contributed by atoms with Gasteiger partial charge in [0.1, 0.15) is 0 Å². The fourth-order valence-electron chi connectivity index (χ4n) is 10.7. The first kappa shape index (κ1) is 28.3. The first-order valence-electron chi connectivity index (χ1n) is 14.6. The molecule has 0 radical (unpaired) electrons. The summed E-state index contributed by atoms with van der Waals surface area (Å²) in [5, 5.41) is 10.1. The van der Waals surface area contributed by atoms with Gasteiger partial charge in [-0.25, -0.2) is 0 Å². The number of carbonyl (C=O) groups is 2. The number of hydrogen-bond acceptors (Lipinski definition) is 5. The second-order valence-electron chi connectivity index (χ2n) is 15.7. The lowest BCUT2D eigenvalue weighted by Crippen LogP contribution is -2.66. The van der Waals surface area contributed by atoms with Gasteiger partial charge >= 0.3 is 5.97 Å². The number of hydrogen-bond donors (Lipinski definition) is 1. The molecule has 5 aliphatic rings. The molecule has 7 heteroatoms. The fraction of sp³-hybridized carbons (Fsp3) is 0.871. The van der Waals surface area contributed by atoms with Gasteiger partial charge in [-0.2, -0.15) is 8.42 Å². The fourth-order valence-corrected chi connectivity index (χ4v) is 11.5. The van der Waals surface area contributed by atoms with Crippen molar-refractivity contribution in [2.24, 2.45) is 50.2 Å². The van der Waals surface area contributed by atoms with E-state index < -0.39 is 21.5 Å². The highest BCUT2D eigenvalue weighted by Gasteiger charge is 2.70. The largest absolute Gasteiger partial charge is 0.481 e. The first-order chi connectivity index (χ1) is 17.2.